The summed E-state index contributed by atoms with van der Waals surface area (Å²) in [7, 11) is 0. The van der Waals surface area contributed by atoms with E-state index in [2.05, 4.69) is 214 Å². The van der Waals surface area contributed by atoms with E-state index in [-0.39, 0.29) is 0 Å². The molecule has 0 bridgehead atoms. The van der Waals surface area contributed by atoms with Crippen LogP contribution in [0.4, 0.5) is 0 Å². The maximum Gasteiger partial charge on any atom is 0.161 e. The van der Waals surface area contributed by atoms with Crippen LogP contribution in [0.1, 0.15) is 16.7 Å². The summed E-state index contributed by atoms with van der Waals surface area (Å²) in [6.07, 6.45) is 0. The van der Waals surface area contributed by atoms with Gasteiger partial charge in [-0.05, 0) is 125 Å². The fraction of sp³-hybridized carbons (Fsp3) is 0. The molecular formula is C73H42N8. The molecule has 0 unspecified atom stereocenters. The average Bonchev–Trinajstić information content (AvgIpc) is 4.16. The van der Waals surface area contributed by atoms with E-state index < -0.39 is 0 Å². The molecule has 0 fully saturated rings. The van der Waals surface area contributed by atoms with Gasteiger partial charge in [-0.15, -0.1) is 0 Å². The number of benzene rings is 11. The van der Waals surface area contributed by atoms with Gasteiger partial charge in [-0.25, -0.2) is 9.97 Å². The highest BCUT2D eigenvalue weighted by molar-refractivity contribution is 6.14. The number of nitriles is 3. The number of hydrogen-bond acceptors (Lipinski definition) is 5. The second kappa shape index (κ2) is 18.8. The molecule has 0 spiro atoms. The van der Waals surface area contributed by atoms with Crippen LogP contribution >= 0.6 is 0 Å². The topological polar surface area (TPSA) is 112 Å². The Morgan fingerprint density at radius 1 is 0.259 bits per heavy atom. The van der Waals surface area contributed by atoms with Crippen molar-refractivity contribution in [3.8, 4) is 91.4 Å². The van der Waals surface area contributed by atoms with Gasteiger partial charge in [-0.1, -0.05) is 152 Å². The van der Waals surface area contributed by atoms with Crippen molar-refractivity contribution in [1.29, 1.82) is 15.8 Å². The van der Waals surface area contributed by atoms with Gasteiger partial charge < -0.3 is 13.7 Å². The molecule has 0 aliphatic carbocycles. The highest BCUT2D eigenvalue weighted by Gasteiger charge is 2.21. The van der Waals surface area contributed by atoms with Crippen molar-refractivity contribution >= 4 is 65.4 Å². The highest BCUT2D eigenvalue weighted by atomic mass is 15.0. The van der Waals surface area contributed by atoms with E-state index in [0.29, 0.717) is 50.6 Å². The van der Waals surface area contributed by atoms with E-state index in [0.717, 1.165) is 61.1 Å². The van der Waals surface area contributed by atoms with Gasteiger partial charge in [0.15, 0.2) is 5.82 Å². The molecule has 0 atom stereocenters. The minimum atomic E-state index is 0.351. The fourth-order valence-corrected chi connectivity index (χ4v) is 12.1. The lowest BCUT2D eigenvalue weighted by atomic mass is 9.94. The first-order valence-corrected chi connectivity index (χ1v) is 26.7. The summed E-state index contributed by atoms with van der Waals surface area (Å²) >= 11 is 0. The van der Waals surface area contributed by atoms with Crippen molar-refractivity contribution in [2.75, 3.05) is 0 Å². The molecule has 8 heteroatoms. The molecule has 374 valence electrons. The molecule has 0 aliphatic rings. The predicted octanol–water partition coefficient (Wildman–Crippen LogP) is 17.7. The summed E-state index contributed by atoms with van der Waals surface area (Å²) in [5, 5.41) is 37.9. The maximum absolute atomic E-state index is 10.6. The summed E-state index contributed by atoms with van der Waals surface area (Å²) in [6, 6.07) is 94.6. The lowest BCUT2D eigenvalue weighted by Gasteiger charge is -2.13. The van der Waals surface area contributed by atoms with Crippen LogP contribution in [0.5, 0.6) is 0 Å². The standard InChI is InChI=1S/C73H42N8/c74-43-50-13-1-3-15-57(50)66-42-65(77-73(78-66)58-16-4-2-14-51(58)44-75)49-31-36-56(52(39-49)45-76)48-27-25-46(26-28-48)47-29-32-53(33-30-47)79-71-37-34-54(80-67-21-9-5-17-59(67)60-18-6-10-22-68(60)80)40-63(71)64-41-55(35-38-72(64)79)81-69-23-11-7-19-61(69)62-20-8-12-24-70(62)81/h1-42H. The van der Waals surface area contributed by atoms with Gasteiger partial charge in [0, 0.05) is 66.1 Å². The molecule has 4 aromatic heterocycles. The van der Waals surface area contributed by atoms with Crippen LogP contribution < -0.4 is 0 Å². The Bertz CT molecular complexity index is 4860. The van der Waals surface area contributed by atoms with Crippen molar-refractivity contribution in [3.05, 3.63) is 271 Å². The van der Waals surface area contributed by atoms with Gasteiger partial charge in [0.05, 0.1) is 79.4 Å². The lowest BCUT2D eigenvalue weighted by molar-refractivity contribution is 1.16. The van der Waals surface area contributed by atoms with Crippen molar-refractivity contribution in [2.24, 2.45) is 0 Å². The summed E-state index contributed by atoms with van der Waals surface area (Å²) in [5.41, 5.74) is 18.4. The summed E-state index contributed by atoms with van der Waals surface area (Å²) in [6.45, 7) is 0. The summed E-state index contributed by atoms with van der Waals surface area (Å²) < 4.78 is 7.17. The minimum absolute atomic E-state index is 0.351. The molecule has 8 nitrogen and oxygen atoms in total. The van der Waals surface area contributed by atoms with Crippen molar-refractivity contribution < 1.29 is 0 Å². The molecule has 0 saturated heterocycles. The van der Waals surface area contributed by atoms with Gasteiger partial charge in [-0.3, -0.25) is 0 Å². The molecule has 15 rings (SSSR count). The molecular weight excluding hydrogens is 989 g/mol. The Kier molecular flexibility index (Phi) is 10.8. The Morgan fingerprint density at radius 3 is 1.16 bits per heavy atom. The Balaban J connectivity index is 0.799. The van der Waals surface area contributed by atoms with E-state index >= 15 is 0 Å². The van der Waals surface area contributed by atoms with Crippen LogP contribution in [0.15, 0.2) is 255 Å². The molecule has 0 aliphatic heterocycles. The molecule has 0 N–H and O–H groups in total. The van der Waals surface area contributed by atoms with E-state index in [1.54, 1.807) is 18.2 Å². The van der Waals surface area contributed by atoms with Crippen LogP contribution in [-0.4, -0.2) is 23.7 Å². The van der Waals surface area contributed by atoms with Gasteiger partial charge in [0.2, 0.25) is 0 Å². The van der Waals surface area contributed by atoms with Crippen LogP contribution in [-0.2, 0) is 0 Å². The monoisotopic (exact) mass is 1030 g/mol. The normalized spacial score (nSPS) is 11.4. The number of nitrogens with zero attached hydrogens (tertiary/aromatic N) is 8. The lowest BCUT2D eigenvalue weighted by Crippen LogP contribution is -1.99. The summed E-state index contributed by atoms with van der Waals surface area (Å²) in [4.78, 5) is 9.81. The minimum Gasteiger partial charge on any atom is -0.309 e. The van der Waals surface area contributed by atoms with Crippen LogP contribution in [0.25, 0.3) is 139 Å². The number of rotatable bonds is 8. The fourth-order valence-electron chi connectivity index (χ4n) is 12.1. The Hall–Kier alpha value is -11.6. The first-order chi connectivity index (χ1) is 40.0. The SMILES string of the molecule is N#Cc1cc(-c2cc(-c3ccccc3C#N)nc(-c3ccccc3C#N)n2)ccc1-c1ccc(-c2ccc(-n3c4ccc(-n5c6ccccc6c6ccccc65)cc4c4cc(-n5c6ccccc6c6ccccc65)ccc43)cc2)cc1. The van der Waals surface area contributed by atoms with E-state index in [1.165, 1.54) is 43.6 Å². The second-order valence-corrected chi connectivity index (χ2v) is 20.3. The van der Waals surface area contributed by atoms with Gasteiger partial charge in [-0.2, -0.15) is 15.8 Å². The third-order valence-electron chi connectivity index (χ3n) is 15.8. The number of hydrogen-bond donors (Lipinski definition) is 0. The van der Waals surface area contributed by atoms with E-state index in [9.17, 15) is 15.8 Å². The average molecular weight is 1030 g/mol. The van der Waals surface area contributed by atoms with Crippen molar-refractivity contribution in [1.82, 2.24) is 23.7 Å². The molecule has 15 aromatic rings. The number of fused-ring (bicyclic) bond motifs is 9. The van der Waals surface area contributed by atoms with Crippen LogP contribution in [0.3, 0.4) is 0 Å². The molecule has 0 amide bonds. The number of para-hydroxylation sites is 4. The first-order valence-electron chi connectivity index (χ1n) is 26.7. The zero-order chi connectivity index (χ0) is 54.1. The third kappa shape index (κ3) is 7.58. The zero-order valence-corrected chi connectivity index (χ0v) is 43.3. The smallest absolute Gasteiger partial charge is 0.161 e. The zero-order valence-electron chi connectivity index (χ0n) is 43.3. The molecule has 0 saturated carbocycles. The molecule has 81 heavy (non-hydrogen) atoms. The first kappa shape index (κ1) is 46.7. The second-order valence-electron chi connectivity index (χ2n) is 20.3. The van der Waals surface area contributed by atoms with Crippen molar-refractivity contribution in [3.63, 3.8) is 0 Å². The Labute approximate surface area is 465 Å². The quantitative estimate of drug-likeness (QED) is 0.150. The summed E-state index contributed by atoms with van der Waals surface area (Å²) in [5.74, 6) is 0.351. The Morgan fingerprint density at radius 2 is 0.642 bits per heavy atom. The molecule has 4 heterocycles. The predicted molar refractivity (Wildman–Crippen MR) is 326 cm³/mol. The third-order valence-corrected chi connectivity index (χ3v) is 15.8. The van der Waals surface area contributed by atoms with Gasteiger partial charge in [0.25, 0.3) is 0 Å². The largest absolute Gasteiger partial charge is 0.309 e. The maximum atomic E-state index is 10.6. The van der Waals surface area contributed by atoms with E-state index in [4.69, 9.17) is 9.97 Å². The molecule has 11 aromatic carbocycles. The van der Waals surface area contributed by atoms with Gasteiger partial charge in [0.1, 0.15) is 0 Å². The highest BCUT2D eigenvalue weighted by Crippen LogP contribution is 2.41. The van der Waals surface area contributed by atoms with E-state index in [1.807, 2.05) is 54.6 Å². The van der Waals surface area contributed by atoms with Crippen molar-refractivity contribution in [2.45, 2.75) is 0 Å². The number of aromatic nitrogens is 5. The van der Waals surface area contributed by atoms with Crippen LogP contribution in [0.2, 0.25) is 0 Å². The van der Waals surface area contributed by atoms with Crippen LogP contribution in [0, 0.1) is 34.0 Å². The van der Waals surface area contributed by atoms with Gasteiger partial charge >= 0.3 is 0 Å². The molecule has 0 radical (unpaired) electrons.